The zero-order valence-electron chi connectivity index (χ0n) is 18.8. The molecule has 0 saturated carbocycles. The van der Waals surface area contributed by atoms with E-state index in [9.17, 15) is 19.5 Å². The summed E-state index contributed by atoms with van der Waals surface area (Å²) in [6, 6.07) is 14.0. The number of fused-ring (bicyclic) bond motifs is 1. The van der Waals surface area contributed by atoms with Crippen LogP contribution >= 0.6 is 11.8 Å². The number of hydrogen-bond acceptors (Lipinski definition) is 7. The Kier molecular flexibility index (Phi) is 8.90. The molecule has 0 radical (unpaired) electrons. The number of aliphatic carboxylic acids is 1. The van der Waals surface area contributed by atoms with Crippen molar-refractivity contribution in [3.05, 3.63) is 77.3 Å². The molecule has 0 aliphatic carbocycles. The number of aryl methyl sites for hydroxylation is 1. The fourth-order valence-corrected chi connectivity index (χ4v) is 4.99. The number of nitrogens with zero attached hydrogens (tertiary/aromatic N) is 3. The summed E-state index contributed by atoms with van der Waals surface area (Å²) in [4.78, 5) is 43.3. The molecule has 1 fully saturated rings. The van der Waals surface area contributed by atoms with Crippen LogP contribution in [0.3, 0.4) is 0 Å². The van der Waals surface area contributed by atoms with Crippen LogP contribution in [0.4, 0.5) is 0 Å². The van der Waals surface area contributed by atoms with Gasteiger partial charge in [0.1, 0.15) is 31.3 Å². The number of benzene rings is 1. The van der Waals surface area contributed by atoms with E-state index in [0.717, 1.165) is 16.2 Å². The van der Waals surface area contributed by atoms with Gasteiger partial charge >= 0.3 is 29.6 Å². The first kappa shape index (κ1) is 26.0. The molecule has 1 aromatic carbocycles. The monoisotopic (exact) mass is 489 g/mol. The van der Waals surface area contributed by atoms with Crippen molar-refractivity contribution in [1.82, 2.24) is 10.2 Å². The maximum atomic E-state index is 12.7. The minimum absolute atomic E-state index is 0. The van der Waals surface area contributed by atoms with Crippen LogP contribution in [0, 0.1) is 0 Å². The summed E-state index contributed by atoms with van der Waals surface area (Å²) in [6.07, 6.45) is 3.52. The van der Waals surface area contributed by atoms with E-state index in [2.05, 4.69) is 10.5 Å². The first-order valence-corrected chi connectivity index (χ1v) is 11.3. The number of amides is 2. The second-order valence-electron chi connectivity index (χ2n) is 7.60. The van der Waals surface area contributed by atoms with Gasteiger partial charge in [-0.1, -0.05) is 35.5 Å². The fourth-order valence-electron chi connectivity index (χ4n) is 3.67. The molecule has 2 unspecified atom stereocenters. The van der Waals surface area contributed by atoms with E-state index in [1.54, 1.807) is 0 Å². The van der Waals surface area contributed by atoms with Gasteiger partial charge in [0.15, 0.2) is 6.20 Å². The van der Waals surface area contributed by atoms with Crippen molar-refractivity contribution in [2.24, 2.45) is 12.2 Å². The molecule has 9 nitrogen and oxygen atoms in total. The van der Waals surface area contributed by atoms with E-state index in [1.807, 2.05) is 66.3 Å². The minimum atomic E-state index is -1.46. The third-order valence-electron chi connectivity index (χ3n) is 5.36. The van der Waals surface area contributed by atoms with Crippen molar-refractivity contribution in [2.75, 3.05) is 12.4 Å². The van der Waals surface area contributed by atoms with E-state index in [-0.39, 0.29) is 54.2 Å². The summed E-state index contributed by atoms with van der Waals surface area (Å²) in [6.45, 7) is -0.0924. The van der Waals surface area contributed by atoms with Crippen molar-refractivity contribution < 1.29 is 58.5 Å². The van der Waals surface area contributed by atoms with Crippen LogP contribution in [0.1, 0.15) is 11.3 Å². The first-order chi connectivity index (χ1) is 16.0. The van der Waals surface area contributed by atoms with Gasteiger partial charge < -0.3 is 20.1 Å². The molecule has 2 amide bonds. The second kappa shape index (κ2) is 11.7. The molecule has 2 aliphatic heterocycles. The smallest absolute Gasteiger partial charge is 0.543 e. The van der Waals surface area contributed by atoms with E-state index in [4.69, 9.17) is 4.84 Å². The maximum absolute atomic E-state index is 12.7. The number of carbonyl (C=O) groups is 3. The third kappa shape index (κ3) is 5.69. The van der Waals surface area contributed by atoms with Crippen LogP contribution < -0.4 is 44.5 Å². The Bertz CT molecular complexity index is 1140. The van der Waals surface area contributed by atoms with Crippen LogP contribution in [0.2, 0.25) is 0 Å². The topological polar surface area (TPSA) is 115 Å². The Balaban J connectivity index is 0.00000324. The average Bonchev–Trinajstić information content (AvgIpc) is 2.81. The number of carboxylic acid groups (broad SMARTS) is 1. The number of β-lactam (4-membered cyclic amide) rings is 1. The van der Waals surface area contributed by atoms with E-state index < -0.39 is 23.3 Å². The Hall–Kier alpha value is -2.66. The molecule has 0 spiro atoms. The molecule has 3 heterocycles. The van der Waals surface area contributed by atoms with Gasteiger partial charge in [0.25, 0.3) is 5.91 Å². The van der Waals surface area contributed by atoms with Gasteiger partial charge in [0.05, 0.1) is 18.1 Å². The number of nitrogens with one attached hydrogen (secondary N) is 1. The fraction of sp³-hybridized carbons (Fsp3) is 0.261. The number of carbonyl (C=O) groups excluding carboxylic acids is 3. The van der Waals surface area contributed by atoms with Crippen LogP contribution in [-0.4, -0.2) is 52.7 Å². The van der Waals surface area contributed by atoms with Gasteiger partial charge in [-0.15, -0.1) is 11.8 Å². The summed E-state index contributed by atoms with van der Waals surface area (Å²) in [7, 11) is 1.86. The van der Waals surface area contributed by atoms with Gasteiger partial charge in [0.2, 0.25) is 11.6 Å². The van der Waals surface area contributed by atoms with Crippen molar-refractivity contribution >= 4 is 35.8 Å². The normalized spacial score (nSPS) is 19.2. The van der Waals surface area contributed by atoms with Gasteiger partial charge in [0, 0.05) is 23.5 Å². The number of oxime groups is 1. The Labute approximate surface area is 223 Å². The molecular weight excluding hydrogens is 467 g/mol. The van der Waals surface area contributed by atoms with Crippen molar-refractivity contribution in [1.29, 1.82) is 0 Å². The Morgan fingerprint density at radius 1 is 1.26 bits per heavy atom. The quantitative estimate of drug-likeness (QED) is 0.135. The minimum Gasteiger partial charge on any atom is -0.543 e. The maximum Gasteiger partial charge on any atom is 1.00 e. The van der Waals surface area contributed by atoms with E-state index in [1.165, 1.54) is 18.0 Å². The molecule has 1 N–H and O–H groups in total. The van der Waals surface area contributed by atoms with Crippen molar-refractivity contribution in [2.45, 2.75) is 17.8 Å². The molecule has 34 heavy (non-hydrogen) atoms. The largest absolute Gasteiger partial charge is 1.00 e. The zero-order chi connectivity index (χ0) is 23.4. The van der Waals surface area contributed by atoms with E-state index >= 15 is 0 Å². The molecular formula is C23H22N4NaO5S+. The number of pyridine rings is 1. The molecule has 1 aromatic heterocycles. The van der Waals surface area contributed by atoms with Gasteiger partial charge in [-0.3, -0.25) is 14.5 Å². The van der Waals surface area contributed by atoms with Crippen LogP contribution in [0.25, 0.3) is 0 Å². The number of aromatic nitrogens is 1. The Morgan fingerprint density at radius 2 is 2.00 bits per heavy atom. The standard InChI is InChI=1S/C23H22N4O5S.Na/c1-26-10-6-5-9-17(26)12-24-32-13-16-14-33-22-19(21(29)27(22)20(16)23(30)31)25-18(28)11-15-7-3-2-4-8-15;/h2-10,12,19,22H,11,13-14H2,1H3,(H-,25,28,30,31);/q;+1/b24-12+;. The van der Waals surface area contributed by atoms with Gasteiger partial charge in [-0.2, -0.15) is 0 Å². The SMILES string of the molecule is C[n+]1ccccc1/C=N/OCC1=C(C(=O)[O-])N2C(=O)C(NC(=O)Cc3ccccc3)C2SC1.[Na+]. The van der Waals surface area contributed by atoms with Crippen molar-refractivity contribution in [3.63, 3.8) is 0 Å². The molecule has 4 rings (SSSR count). The summed E-state index contributed by atoms with van der Waals surface area (Å²) in [5.74, 6) is -1.92. The number of thioether (sulfide) groups is 1. The van der Waals surface area contributed by atoms with Crippen LogP contribution in [0.5, 0.6) is 0 Å². The molecule has 0 bridgehead atoms. The Morgan fingerprint density at radius 3 is 2.71 bits per heavy atom. The summed E-state index contributed by atoms with van der Waals surface area (Å²) in [5.41, 5.74) is 1.82. The summed E-state index contributed by atoms with van der Waals surface area (Å²) < 4.78 is 1.85. The second-order valence-corrected chi connectivity index (χ2v) is 8.71. The van der Waals surface area contributed by atoms with Crippen molar-refractivity contribution in [3.8, 4) is 0 Å². The average molecular weight is 490 g/mol. The van der Waals surface area contributed by atoms with E-state index in [0.29, 0.717) is 11.3 Å². The molecule has 2 aliphatic rings. The molecule has 170 valence electrons. The summed E-state index contributed by atoms with van der Waals surface area (Å²) in [5, 5.41) is 17.9. The number of carboxylic acids is 1. The zero-order valence-corrected chi connectivity index (χ0v) is 21.7. The van der Waals surface area contributed by atoms with Gasteiger partial charge in [-0.25, -0.2) is 4.57 Å². The number of hydrogen-bond donors (Lipinski definition) is 1. The first-order valence-electron chi connectivity index (χ1n) is 10.3. The van der Waals surface area contributed by atoms with Crippen LogP contribution in [0.15, 0.2) is 71.2 Å². The summed E-state index contributed by atoms with van der Waals surface area (Å²) >= 11 is 1.36. The van der Waals surface area contributed by atoms with Gasteiger partial charge in [-0.05, 0) is 11.6 Å². The number of rotatable bonds is 8. The molecule has 2 aromatic rings. The third-order valence-corrected chi connectivity index (χ3v) is 6.70. The van der Waals surface area contributed by atoms with Crippen LogP contribution in [-0.2, 0) is 32.7 Å². The predicted octanol–water partition coefficient (Wildman–Crippen LogP) is -3.49. The molecule has 1 saturated heterocycles. The predicted molar refractivity (Wildman–Crippen MR) is 118 cm³/mol. The molecule has 11 heteroatoms. The molecule has 2 atom stereocenters.